The standard InChI is InChI=1S/C32H38O7SSi/c1-21(33)39-31-26(28-27(36-5)18-17-25(30(34)35)29(28)37-6)19-22(40-31)20-38-41(32(2,3)4,23-13-9-7-10-14-23)24-15-11-8-12-16-24/h7-18,22,26,31H,19-20H2,1-6H3,(H,34,35)/t22-,26+,31?/m0/s1. The van der Waals surface area contributed by atoms with Crippen LogP contribution in [0.15, 0.2) is 72.8 Å². The minimum absolute atomic E-state index is 0.0295. The number of carboxylic acids is 1. The number of rotatable bonds is 10. The average Bonchev–Trinajstić information content (AvgIpc) is 3.34. The Morgan fingerprint density at radius 2 is 1.51 bits per heavy atom. The summed E-state index contributed by atoms with van der Waals surface area (Å²) in [5.74, 6) is -1.17. The predicted octanol–water partition coefficient (Wildman–Crippen LogP) is 5.46. The zero-order chi connectivity index (χ0) is 29.8. The van der Waals surface area contributed by atoms with Crippen LogP contribution in [0.1, 0.15) is 56.0 Å². The average molecular weight is 595 g/mol. The molecule has 3 aromatic rings. The summed E-state index contributed by atoms with van der Waals surface area (Å²) >= 11 is 1.53. The third-order valence-electron chi connectivity index (χ3n) is 7.54. The number of hydrogen-bond donors (Lipinski definition) is 1. The summed E-state index contributed by atoms with van der Waals surface area (Å²) in [5, 5.41) is 12.0. The van der Waals surface area contributed by atoms with Crippen molar-refractivity contribution in [2.24, 2.45) is 0 Å². The number of hydrogen-bond acceptors (Lipinski definition) is 7. The molecule has 0 aromatic heterocycles. The number of ether oxygens (including phenoxy) is 3. The lowest BCUT2D eigenvalue weighted by Crippen LogP contribution is -2.67. The molecule has 0 bridgehead atoms. The molecule has 1 saturated heterocycles. The molecule has 218 valence electrons. The molecule has 41 heavy (non-hydrogen) atoms. The normalized spacial score (nSPS) is 19.0. The van der Waals surface area contributed by atoms with E-state index in [-0.39, 0.29) is 27.5 Å². The zero-order valence-corrected chi connectivity index (χ0v) is 26.2. The Hall–Kier alpha value is -3.27. The fourth-order valence-corrected chi connectivity index (χ4v) is 12.0. The van der Waals surface area contributed by atoms with Crippen molar-refractivity contribution < 1.29 is 33.3 Å². The van der Waals surface area contributed by atoms with Gasteiger partial charge in [0.2, 0.25) is 0 Å². The van der Waals surface area contributed by atoms with Crippen molar-refractivity contribution in [1.82, 2.24) is 0 Å². The van der Waals surface area contributed by atoms with Crippen LogP contribution in [0, 0.1) is 0 Å². The molecule has 0 amide bonds. The highest BCUT2D eigenvalue weighted by Gasteiger charge is 2.51. The lowest BCUT2D eigenvalue weighted by atomic mass is 9.91. The Labute approximate surface area is 247 Å². The molecular formula is C32H38O7SSi. The van der Waals surface area contributed by atoms with E-state index in [1.54, 1.807) is 6.07 Å². The van der Waals surface area contributed by atoms with Gasteiger partial charge in [0.1, 0.15) is 17.1 Å². The summed E-state index contributed by atoms with van der Waals surface area (Å²) in [4.78, 5) is 24.2. The van der Waals surface area contributed by atoms with E-state index in [0.717, 1.165) is 0 Å². The van der Waals surface area contributed by atoms with Gasteiger partial charge < -0.3 is 23.7 Å². The van der Waals surface area contributed by atoms with Crippen LogP contribution in [0.3, 0.4) is 0 Å². The second-order valence-corrected chi connectivity index (χ2v) is 16.8. The maximum Gasteiger partial charge on any atom is 0.339 e. The second-order valence-electron chi connectivity index (χ2n) is 11.1. The third-order valence-corrected chi connectivity index (χ3v) is 13.9. The molecule has 7 nitrogen and oxygen atoms in total. The van der Waals surface area contributed by atoms with Gasteiger partial charge in [0.15, 0.2) is 5.44 Å². The highest BCUT2D eigenvalue weighted by molar-refractivity contribution is 8.00. The van der Waals surface area contributed by atoms with E-state index in [2.05, 4.69) is 69.3 Å². The fourth-order valence-electron chi connectivity index (χ4n) is 5.85. The third kappa shape index (κ3) is 6.17. The van der Waals surface area contributed by atoms with Gasteiger partial charge in [-0.25, -0.2) is 4.79 Å². The number of carboxylic acid groups (broad SMARTS) is 1. The molecule has 1 aliphatic rings. The van der Waals surface area contributed by atoms with Crippen molar-refractivity contribution in [3.8, 4) is 11.5 Å². The van der Waals surface area contributed by atoms with Gasteiger partial charge in [-0.2, -0.15) is 0 Å². The molecule has 3 atom stereocenters. The van der Waals surface area contributed by atoms with Gasteiger partial charge in [0, 0.05) is 30.3 Å². The van der Waals surface area contributed by atoms with Crippen molar-refractivity contribution >= 4 is 42.4 Å². The van der Waals surface area contributed by atoms with Crippen LogP contribution in [0.2, 0.25) is 5.04 Å². The van der Waals surface area contributed by atoms with Crippen LogP contribution >= 0.6 is 11.8 Å². The number of carbonyl (C=O) groups is 2. The van der Waals surface area contributed by atoms with E-state index in [4.69, 9.17) is 18.6 Å². The summed E-state index contributed by atoms with van der Waals surface area (Å²) in [6.45, 7) is 8.51. The smallest absolute Gasteiger partial charge is 0.339 e. The molecule has 9 heteroatoms. The number of carbonyl (C=O) groups excluding carboxylic acids is 1. The van der Waals surface area contributed by atoms with Gasteiger partial charge in [-0.15, -0.1) is 11.8 Å². The van der Waals surface area contributed by atoms with E-state index < -0.39 is 25.7 Å². The summed E-state index contributed by atoms with van der Waals surface area (Å²) < 4.78 is 24.3. The van der Waals surface area contributed by atoms with E-state index >= 15 is 0 Å². The van der Waals surface area contributed by atoms with Crippen molar-refractivity contribution in [2.45, 2.75) is 55.8 Å². The lowest BCUT2D eigenvalue weighted by molar-refractivity contribution is -0.143. The maximum absolute atomic E-state index is 12.2. The van der Waals surface area contributed by atoms with Crippen molar-refractivity contribution in [1.29, 1.82) is 0 Å². The SMILES string of the molecule is COc1ccc(C(=O)O)c(OC)c1[C@H]1C[C@@H](CO[Si](c2ccccc2)(c2ccccc2)C(C)(C)C)SC1OC(C)=O. The number of esters is 1. The first-order valence-electron chi connectivity index (χ1n) is 13.6. The molecule has 0 aliphatic carbocycles. The molecule has 3 aromatic carbocycles. The zero-order valence-electron chi connectivity index (χ0n) is 24.4. The molecule has 1 N–H and O–H groups in total. The molecule has 0 radical (unpaired) electrons. The first-order valence-corrected chi connectivity index (χ1v) is 16.4. The van der Waals surface area contributed by atoms with Gasteiger partial charge in [-0.05, 0) is 34.0 Å². The molecule has 1 heterocycles. The van der Waals surface area contributed by atoms with Gasteiger partial charge in [-0.3, -0.25) is 4.79 Å². The van der Waals surface area contributed by atoms with E-state index in [1.807, 2.05) is 12.1 Å². The molecule has 4 rings (SSSR count). The Morgan fingerprint density at radius 3 is 1.98 bits per heavy atom. The van der Waals surface area contributed by atoms with Crippen LogP contribution < -0.4 is 19.8 Å². The summed E-state index contributed by atoms with van der Waals surface area (Å²) in [7, 11) is 0.195. The number of methoxy groups -OCH3 is 2. The monoisotopic (exact) mass is 594 g/mol. The van der Waals surface area contributed by atoms with Crippen molar-refractivity contribution in [2.75, 3.05) is 20.8 Å². The van der Waals surface area contributed by atoms with Crippen LogP contribution in [-0.4, -0.2) is 56.9 Å². The number of benzene rings is 3. The molecule has 1 fully saturated rings. The van der Waals surface area contributed by atoms with Gasteiger partial charge in [0.05, 0.1) is 14.2 Å². The Morgan fingerprint density at radius 1 is 0.927 bits per heavy atom. The molecule has 1 aliphatic heterocycles. The molecule has 0 spiro atoms. The van der Waals surface area contributed by atoms with Crippen LogP contribution in [0.25, 0.3) is 0 Å². The summed E-state index contributed by atoms with van der Waals surface area (Å²) in [6, 6.07) is 24.0. The quantitative estimate of drug-likeness (QED) is 0.245. The molecular weight excluding hydrogens is 556 g/mol. The minimum Gasteiger partial charge on any atom is -0.496 e. The van der Waals surface area contributed by atoms with Gasteiger partial charge in [0.25, 0.3) is 8.32 Å². The molecule has 0 saturated carbocycles. The van der Waals surface area contributed by atoms with Gasteiger partial charge >= 0.3 is 11.9 Å². The van der Waals surface area contributed by atoms with Crippen LogP contribution in [0.4, 0.5) is 0 Å². The second kappa shape index (κ2) is 12.7. The van der Waals surface area contributed by atoms with Crippen LogP contribution in [-0.2, 0) is 14.0 Å². The topological polar surface area (TPSA) is 91.3 Å². The van der Waals surface area contributed by atoms with Crippen molar-refractivity contribution in [3.05, 3.63) is 83.9 Å². The first-order chi connectivity index (χ1) is 19.5. The largest absolute Gasteiger partial charge is 0.496 e. The predicted molar refractivity (Wildman–Crippen MR) is 164 cm³/mol. The van der Waals surface area contributed by atoms with Crippen LogP contribution in [0.5, 0.6) is 11.5 Å². The van der Waals surface area contributed by atoms with E-state index in [1.165, 1.54) is 49.3 Å². The highest BCUT2D eigenvalue weighted by Crippen LogP contribution is 2.51. The number of aromatic carboxylic acids is 1. The molecule has 1 unspecified atom stereocenters. The minimum atomic E-state index is -2.78. The van der Waals surface area contributed by atoms with Crippen molar-refractivity contribution in [3.63, 3.8) is 0 Å². The van der Waals surface area contributed by atoms with E-state index in [0.29, 0.717) is 24.3 Å². The Balaban J connectivity index is 1.74. The summed E-state index contributed by atoms with van der Waals surface area (Å²) in [6.07, 6.45) is 0.580. The lowest BCUT2D eigenvalue weighted by Gasteiger charge is -2.43. The highest BCUT2D eigenvalue weighted by atomic mass is 32.2. The first kappa shape index (κ1) is 30.7. The Bertz CT molecular complexity index is 1320. The van der Waals surface area contributed by atoms with Gasteiger partial charge in [-0.1, -0.05) is 81.4 Å². The number of thioether (sulfide) groups is 1. The Kier molecular flexibility index (Phi) is 9.51. The van der Waals surface area contributed by atoms with E-state index in [9.17, 15) is 14.7 Å². The fraction of sp³-hybridized carbons (Fsp3) is 0.375. The summed E-state index contributed by atoms with van der Waals surface area (Å²) in [5.41, 5.74) is 0.0515. The maximum atomic E-state index is 12.2.